The van der Waals surface area contributed by atoms with Crippen LogP contribution in [0.2, 0.25) is 0 Å². The molecule has 0 radical (unpaired) electrons. The van der Waals surface area contributed by atoms with Crippen LogP contribution in [-0.2, 0) is 0 Å². The van der Waals surface area contributed by atoms with Crippen molar-refractivity contribution in [1.82, 2.24) is 4.90 Å². The summed E-state index contributed by atoms with van der Waals surface area (Å²) in [6.45, 7) is 0.754. The van der Waals surface area contributed by atoms with E-state index in [0.29, 0.717) is 17.6 Å². The topological polar surface area (TPSA) is 46.3 Å². The highest BCUT2D eigenvalue weighted by molar-refractivity contribution is 5.95. The summed E-state index contributed by atoms with van der Waals surface area (Å²) in [6, 6.07) is 4.65. The number of nitrogens with two attached hydrogens (primary N) is 1. The van der Waals surface area contributed by atoms with Gasteiger partial charge in [0, 0.05) is 18.3 Å². The minimum Gasteiger partial charge on any atom is -0.399 e. The second-order valence-electron chi connectivity index (χ2n) is 5.99. The number of fused-ring (bicyclic) bond motifs is 1. The van der Waals surface area contributed by atoms with Crippen LogP contribution in [0, 0.1) is 11.7 Å². The van der Waals surface area contributed by atoms with Crippen LogP contribution in [0.4, 0.5) is 10.1 Å². The molecule has 1 heterocycles. The largest absolute Gasteiger partial charge is 0.399 e. The summed E-state index contributed by atoms with van der Waals surface area (Å²) < 4.78 is 14.0. The van der Waals surface area contributed by atoms with Gasteiger partial charge in [0.05, 0.1) is 5.56 Å². The highest BCUT2D eigenvalue weighted by Gasteiger charge is 2.36. The fourth-order valence-electron chi connectivity index (χ4n) is 3.74. The summed E-state index contributed by atoms with van der Waals surface area (Å²) in [5, 5.41) is 0. The Morgan fingerprint density at radius 3 is 2.75 bits per heavy atom. The molecule has 2 N–H and O–H groups in total. The van der Waals surface area contributed by atoms with E-state index in [1.807, 2.05) is 4.90 Å². The van der Waals surface area contributed by atoms with E-state index < -0.39 is 5.82 Å². The first-order chi connectivity index (χ1) is 9.66. The minimum atomic E-state index is -0.507. The molecule has 2 aliphatic rings. The zero-order valence-electron chi connectivity index (χ0n) is 11.6. The van der Waals surface area contributed by atoms with E-state index >= 15 is 0 Å². The molecule has 4 heteroatoms. The van der Waals surface area contributed by atoms with Crippen molar-refractivity contribution in [3.8, 4) is 0 Å². The van der Waals surface area contributed by atoms with E-state index in [2.05, 4.69) is 0 Å². The highest BCUT2D eigenvalue weighted by atomic mass is 19.1. The zero-order valence-corrected chi connectivity index (χ0v) is 11.6. The second kappa shape index (κ2) is 5.43. The Morgan fingerprint density at radius 1 is 1.20 bits per heavy atom. The third-order valence-electron chi connectivity index (χ3n) is 4.73. The number of piperidine rings is 1. The van der Waals surface area contributed by atoms with Crippen LogP contribution < -0.4 is 5.73 Å². The molecule has 0 spiro atoms. The first-order valence-corrected chi connectivity index (χ1v) is 7.53. The van der Waals surface area contributed by atoms with Crippen LogP contribution in [0.1, 0.15) is 48.9 Å². The minimum absolute atomic E-state index is 0.158. The SMILES string of the molecule is Nc1ccc(C(=O)N2CCCC3CCCCC32)c(F)c1. The molecule has 108 valence electrons. The molecule has 3 rings (SSSR count). The third-order valence-corrected chi connectivity index (χ3v) is 4.73. The molecule has 0 bridgehead atoms. The molecule has 1 aliphatic heterocycles. The van der Waals surface area contributed by atoms with E-state index in [0.717, 1.165) is 19.4 Å². The number of benzene rings is 1. The van der Waals surface area contributed by atoms with Gasteiger partial charge in [0.25, 0.3) is 5.91 Å². The third kappa shape index (κ3) is 2.39. The lowest BCUT2D eigenvalue weighted by Gasteiger charge is -2.44. The van der Waals surface area contributed by atoms with Crippen LogP contribution in [0.25, 0.3) is 0 Å². The Morgan fingerprint density at radius 2 is 1.95 bits per heavy atom. The summed E-state index contributed by atoms with van der Waals surface area (Å²) in [4.78, 5) is 14.5. The van der Waals surface area contributed by atoms with E-state index in [-0.39, 0.29) is 11.5 Å². The van der Waals surface area contributed by atoms with Gasteiger partial charge in [0.15, 0.2) is 0 Å². The molecule has 20 heavy (non-hydrogen) atoms. The first-order valence-electron chi connectivity index (χ1n) is 7.53. The Bertz CT molecular complexity index is 515. The average molecular weight is 276 g/mol. The predicted molar refractivity (Wildman–Crippen MR) is 76.8 cm³/mol. The quantitative estimate of drug-likeness (QED) is 0.801. The van der Waals surface area contributed by atoms with E-state index in [9.17, 15) is 9.18 Å². The van der Waals surface area contributed by atoms with Crippen molar-refractivity contribution >= 4 is 11.6 Å². The summed E-state index contributed by atoms with van der Waals surface area (Å²) in [5.41, 5.74) is 6.06. The van der Waals surface area contributed by atoms with E-state index in [1.165, 1.54) is 37.8 Å². The smallest absolute Gasteiger partial charge is 0.257 e. The standard InChI is InChI=1S/C16H21FN2O/c17-14-10-12(18)7-8-13(14)16(20)19-9-3-5-11-4-1-2-6-15(11)19/h7-8,10-11,15H,1-6,9,18H2. The lowest BCUT2D eigenvalue weighted by atomic mass is 9.78. The molecule has 0 aromatic heterocycles. The first kappa shape index (κ1) is 13.4. The van der Waals surface area contributed by atoms with Crippen molar-refractivity contribution in [2.75, 3.05) is 12.3 Å². The van der Waals surface area contributed by atoms with Crippen LogP contribution in [0.15, 0.2) is 18.2 Å². The number of halogens is 1. The van der Waals surface area contributed by atoms with Crippen molar-refractivity contribution < 1.29 is 9.18 Å². The van der Waals surface area contributed by atoms with Crippen molar-refractivity contribution in [2.45, 2.75) is 44.6 Å². The van der Waals surface area contributed by atoms with Crippen LogP contribution in [-0.4, -0.2) is 23.4 Å². The predicted octanol–water partition coefficient (Wildman–Crippen LogP) is 3.20. The number of likely N-dealkylation sites (tertiary alicyclic amines) is 1. The molecule has 1 aromatic rings. The van der Waals surface area contributed by atoms with Crippen LogP contribution >= 0.6 is 0 Å². The lowest BCUT2D eigenvalue weighted by Crippen LogP contribution is -2.49. The number of amides is 1. The normalized spacial score (nSPS) is 26.1. The number of nitrogen functional groups attached to an aromatic ring is 1. The Kier molecular flexibility index (Phi) is 3.64. The monoisotopic (exact) mass is 276 g/mol. The van der Waals surface area contributed by atoms with Gasteiger partial charge in [-0.15, -0.1) is 0 Å². The van der Waals surface area contributed by atoms with Gasteiger partial charge in [0.2, 0.25) is 0 Å². The zero-order chi connectivity index (χ0) is 14.1. The van der Waals surface area contributed by atoms with Gasteiger partial charge in [-0.25, -0.2) is 4.39 Å². The summed E-state index contributed by atoms with van der Waals surface area (Å²) in [7, 11) is 0. The molecular weight excluding hydrogens is 255 g/mol. The second-order valence-corrected chi connectivity index (χ2v) is 5.99. The molecule has 1 aliphatic carbocycles. The van der Waals surface area contributed by atoms with Crippen molar-refractivity contribution in [2.24, 2.45) is 5.92 Å². The Hall–Kier alpha value is -1.58. The lowest BCUT2D eigenvalue weighted by molar-refractivity contribution is 0.0386. The van der Waals surface area contributed by atoms with E-state index in [1.54, 1.807) is 6.07 Å². The maximum Gasteiger partial charge on any atom is 0.257 e. The van der Waals surface area contributed by atoms with Gasteiger partial charge in [-0.2, -0.15) is 0 Å². The van der Waals surface area contributed by atoms with E-state index in [4.69, 9.17) is 5.73 Å². The van der Waals surface area contributed by atoms with Gasteiger partial charge in [-0.05, 0) is 49.8 Å². The fourth-order valence-corrected chi connectivity index (χ4v) is 3.74. The molecule has 2 atom stereocenters. The number of hydrogen-bond donors (Lipinski definition) is 1. The number of anilines is 1. The van der Waals surface area contributed by atoms with Crippen molar-refractivity contribution in [3.05, 3.63) is 29.6 Å². The van der Waals surface area contributed by atoms with Crippen molar-refractivity contribution in [1.29, 1.82) is 0 Å². The van der Waals surface area contributed by atoms with Crippen LogP contribution in [0.3, 0.4) is 0 Å². The number of carbonyl (C=O) groups is 1. The molecule has 2 fully saturated rings. The molecule has 1 aromatic carbocycles. The maximum absolute atomic E-state index is 14.0. The van der Waals surface area contributed by atoms with Crippen molar-refractivity contribution in [3.63, 3.8) is 0 Å². The number of nitrogens with zero attached hydrogens (tertiary/aromatic N) is 1. The molecule has 3 nitrogen and oxygen atoms in total. The van der Waals surface area contributed by atoms with Gasteiger partial charge in [-0.3, -0.25) is 4.79 Å². The molecule has 1 amide bonds. The molecular formula is C16H21FN2O. The molecule has 2 unspecified atom stereocenters. The number of carbonyl (C=O) groups excluding carboxylic acids is 1. The fraction of sp³-hybridized carbons (Fsp3) is 0.562. The maximum atomic E-state index is 14.0. The number of hydrogen-bond acceptors (Lipinski definition) is 2. The molecule has 1 saturated carbocycles. The Balaban J connectivity index is 1.85. The molecule has 1 saturated heterocycles. The van der Waals surface area contributed by atoms with Gasteiger partial charge >= 0.3 is 0 Å². The van der Waals surface area contributed by atoms with Gasteiger partial charge in [-0.1, -0.05) is 12.8 Å². The number of rotatable bonds is 1. The summed E-state index contributed by atoms with van der Waals surface area (Å²) in [5.74, 6) is -0.0645. The average Bonchev–Trinajstić information content (AvgIpc) is 2.46. The summed E-state index contributed by atoms with van der Waals surface area (Å²) in [6.07, 6.45) is 6.95. The van der Waals surface area contributed by atoms with Crippen LogP contribution in [0.5, 0.6) is 0 Å². The van der Waals surface area contributed by atoms with Gasteiger partial charge in [0.1, 0.15) is 5.82 Å². The summed E-state index contributed by atoms with van der Waals surface area (Å²) >= 11 is 0. The van der Waals surface area contributed by atoms with Gasteiger partial charge < -0.3 is 10.6 Å². The highest BCUT2D eigenvalue weighted by Crippen LogP contribution is 2.36. The Labute approximate surface area is 118 Å².